The smallest absolute Gasteiger partial charge is 0.234 e. The quantitative estimate of drug-likeness (QED) is 0.00884. The van der Waals surface area contributed by atoms with E-state index < -0.39 is 216 Å². The molecule has 0 saturated heterocycles. The van der Waals surface area contributed by atoms with Crippen LogP contribution in [0.2, 0.25) is 0 Å². The molecule has 0 radical (unpaired) electrons. The maximum Gasteiger partial charge on any atom is 0.234 e. The first kappa shape index (κ1) is 109. The molecule has 27 N–H and O–H groups in total. The zero-order valence-corrected chi connectivity index (χ0v) is 68.8. The number of amides is 4. The molecule has 54 heteroatoms. The molecule has 124 heavy (non-hydrogen) atoms. The van der Waals surface area contributed by atoms with Gasteiger partial charge in [-0.25, -0.2) is 119 Å². The van der Waals surface area contributed by atoms with Gasteiger partial charge < -0.3 is 26.6 Å². The van der Waals surface area contributed by atoms with Gasteiger partial charge >= 0.3 is 0 Å². The van der Waals surface area contributed by atoms with Crippen molar-refractivity contribution in [3.05, 3.63) is 0 Å². The van der Waals surface area contributed by atoms with Gasteiger partial charge in [-0.1, -0.05) is 13.8 Å². The molecule has 0 aromatic rings. The Hall–Kier alpha value is -10.6. The maximum atomic E-state index is 12.7. The minimum Gasteiger partial charge on any atom is -0.353 e. The van der Waals surface area contributed by atoms with Crippen LogP contribution in [0.25, 0.3) is 0 Å². The number of carbonyl (C=O) groups excluding carboxylic acids is 27. The lowest BCUT2D eigenvalue weighted by molar-refractivity contribution is -0.147. The van der Waals surface area contributed by atoms with Crippen molar-refractivity contribution in [2.45, 2.75) is 161 Å². The summed E-state index contributed by atoms with van der Waals surface area (Å²) in [7, 11) is 1.77. The number of likely N-dealkylation sites (N-methyl/N-ethyl adjacent to an activating group) is 1. The van der Waals surface area contributed by atoms with E-state index in [0.29, 0.717) is 83.6 Å². The number of rotatable bonds is 78. The molecule has 0 spiro atoms. The monoisotopic (exact) mass is 1760 g/mol. The van der Waals surface area contributed by atoms with E-state index in [1.807, 2.05) is 0 Å². The Labute approximate surface area is 708 Å². The van der Waals surface area contributed by atoms with E-state index in [1.165, 1.54) is 6.42 Å². The average molecular weight is 1760 g/mol. The van der Waals surface area contributed by atoms with Crippen molar-refractivity contribution < 1.29 is 129 Å². The molecule has 2 fully saturated rings. The highest BCUT2D eigenvalue weighted by Gasteiger charge is 2.37. The molecule has 6 atom stereocenters. The van der Waals surface area contributed by atoms with Crippen LogP contribution < -0.4 is 146 Å². The SMILES string of the molecule is CNCC(=O)NC1CCC(CC2CCC(NC(=O)CC(=O)NCNNCNNCNNCNNCNNCNNCNNCNNCNNCNNCNNCNC(=O)CC(=O)C(=O)CC(=O)C(=O)CC(=O)C(=O)CC(=O)C(=O)CC(=O)C(=O)CC(=O)C(=O)CC(=O)C(=O)CC(=O)C(=O)CC(=O)C(=O)CC(=O)C(=O)CC(=O)C(=O)CC(C)=O)C(C)C2)CC1C. The molecule has 2 saturated carbocycles. The van der Waals surface area contributed by atoms with Gasteiger partial charge in [-0.15, -0.1) is 0 Å². The summed E-state index contributed by atoms with van der Waals surface area (Å²) in [5.74, 6) is -38.0. The normalized spacial score (nSPS) is 15.9. The molecule has 2 rings (SSSR count). The number of hydrogen-bond donors (Lipinski definition) is 27. The second-order valence-electron chi connectivity index (χ2n) is 27.9. The largest absolute Gasteiger partial charge is 0.353 e. The molecule has 0 heterocycles. The molecule has 0 bridgehead atoms. The van der Waals surface area contributed by atoms with Gasteiger partial charge in [-0.05, 0) is 82.6 Å². The molecular formula is C70H111N27O27. The Morgan fingerprint density at radius 1 is 0.218 bits per heavy atom. The van der Waals surface area contributed by atoms with Gasteiger partial charge in [0.15, 0.2) is 0 Å². The first-order valence-electron chi connectivity index (χ1n) is 38.9. The summed E-state index contributed by atoms with van der Waals surface area (Å²) in [4.78, 5) is 328. The van der Waals surface area contributed by atoms with Crippen LogP contribution in [0.3, 0.4) is 0 Å². The van der Waals surface area contributed by atoms with Crippen LogP contribution in [0, 0.1) is 23.7 Å². The van der Waals surface area contributed by atoms with Crippen LogP contribution in [-0.4, -0.2) is 262 Å². The number of Topliss-reactive ketones (excluding diaryl/α,β-unsaturated/α-hetero) is 23. The molecule has 4 amide bonds. The van der Waals surface area contributed by atoms with Crippen molar-refractivity contribution in [1.82, 2.24) is 146 Å². The fourth-order valence-corrected chi connectivity index (χ4v) is 11.4. The standard InChI is InChI=1S/C70H111N27O27/c1-38-9-41(12-42-6-8-44(39(2)10-42)97-70(124)25-71-4)5-7-43(38)96-69(123)24-68(122)73-27-75-77-29-79-81-31-83-85-33-87-89-35-91-93-37-95-94-36-92-90-34-88-86-32-84-82-30-80-78-28-76-74-26-72-67(121)23-66(120)65(119)22-64(118)63(117)21-62(116)61(115)20-60(114)59(113)19-58(112)57(111)18-56(110)55(109)17-54(108)53(107)16-52(106)51(105)15-50(104)49(103)14-48(102)47(101)13-46(100)45(99)11-40(3)98/h38-39,41-44,71,74-95H,5-37H2,1-4H3,(H,72,121)(H,73,122)(H,96,123)(H,97,124). The summed E-state index contributed by atoms with van der Waals surface area (Å²) in [6.45, 7) is 8.66. The Kier molecular flexibility index (Phi) is 55.9. The van der Waals surface area contributed by atoms with Gasteiger partial charge in [0.2, 0.25) is 151 Å². The molecule has 2 aliphatic carbocycles. The molecule has 54 nitrogen and oxygen atoms in total. The van der Waals surface area contributed by atoms with Crippen molar-refractivity contribution in [3.63, 3.8) is 0 Å². The second kappa shape index (κ2) is 63.3. The van der Waals surface area contributed by atoms with Gasteiger partial charge in [-0.3, -0.25) is 129 Å². The van der Waals surface area contributed by atoms with E-state index in [0.717, 1.165) is 45.4 Å². The van der Waals surface area contributed by atoms with E-state index in [2.05, 4.69) is 160 Å². The lowest BCUT2D eigenvalue weighted by Crippen LogP contribution is -2.55. The lowest BCUT2D eigenvalue weighted by atomic mass is 9.70. The summed E-state index contributed by atoms with van der Waals surface area (Å²) in [6.07, 6.45) is -10.6. The third-order valence-electron chi connectivity index (χ3n) is 17.8. The molecule has 0 aromatic heterocycles. The summed E-state index contributed by atoms with van der Waals surface area (Å²) in [5, 5.41) is 14.1. The fourth-order valence-electron chi connectivity index (χ4n) is 11.4. The van der Waals surface area contributed by atoms with E-state index in [1.54, 1.807) is 7.05 Å². The zero-order chi connectivity index (χ0) is 92.5. The topological polar surface area (TPSA) is 786 Å². The van der Waals surface area contributed by atoms with Gasteiger partial charge in [0.05, 0.1) is 164 Å². The summed E-state index contributed by atoms with van der Waals surface area (Å²) < 4.78 is 0. The number of hydrazine groups is 11. The molecule has 0 aromatic carbocycles. The number of nitrogens with one attached hydrogen (secondary N) is 27. The third kappa shape index (κ3) is 49.6. The third-order valence-corrected chi connectivity index (χ3v) is 17.8. The predicted octanol–water partition coefficient (Wildman–Crippen LogP) is -14.6. The summed E-state index contributed by atoms with van der Waals surface area (Å²) >= 11 is 0. The lowest BCUT2D eigenvalue weighted by Gasteiger charge is -2.39. The maximum absolute atomic E-state index is 12.7. The number of hydrogen-bond acceptors (Lipinski definition) is 50. The Bertz CT molecular complexity index is 3860. The summed E-state index contributed by atoms with van der Waals surface area (Å²) in [5.41, 5.74) is 63.1. The van der Waals surface area contributed by atoms with Crippen LogP contribution in [0.15, 0.2) is 0 Å². The highest BCUT2D eigenvalue weighted by molar-refractivity contribution is 6.60. The van der Waals surface area contributed by atoms with Crippen LogP contribution in [-0.2, 0) is 129 Å². The minimum atomic E-state index is -1.84. The van der Waals surface area contributed by atoms with E-state index in [4.69, 9.17) is 0 Å². The second-order valence-corrected chi connectivity index (χ2v) is 27.9. The van der Waals surface area contributed by atoms with Crippen LogP contribution >= 0.6 is 0 Å². The average Bonchev–Trinajstić information content (AvgIpc) is 0.834. The van der Waals surface area contributed by atoms with Gasteiger partial charge in [0.25, 0.3) is 0 Å². The van der Waals surface area contributed by atoms with Crippen LogP contribution in [0.4, 0.5) is 0 Å². The highest BCUT2D eigenvalue weighted by atomic mass is 16.2. The minimum absolute atomic E-state index is 0.0458. The first-order chi connectivity index (χ1) is 58.9. The van der Waals surface area contributed by atoms with E-state index >= 15 is 0 Å². The van der Waals surface area contributed by atoms with Gasteiger partial charge in [0, 0.05) is 12.1 Å². The Morgan fingerprint density at radius 2 is 0.403 bits per heavy atom. The Balaban J connectivity index is 1.38. The molecule has 2 aliphatic rings. The molecule has 6 unspecified atom stereocenters. The predicted molar refractivity (Wildman–Crippen MR) is 420 cm³/mol. The van der Waals surface area contributed by atoms with Gasteiger partial charge in [-0.2, -0.15) is 0 Å². The van der Waals surface area contributed by atoms with Crippen LogP contribution in [0.1, 0.15) is 149 Å². The van der Waals surface area contributed by atoms with E-state index in [-0.39, 0.29) is 62.9 Å². The zero-order valence-electron chi connectivity index (χ0n) is 68.8. The number of carbonyl (C=O) groups is 27. The van der Waals surface area contributed by atoms with Crippen molar-refractivity contribution >= 4 is 157 Å². The van der Waals surface area contributed by atoms with E-state index in [9.17, 15) is 129 Å². The molecule has 688 valence electrons. The van der Waals surface area contributed by atoms with Crippen molar-refractivity contribution in [2.75, 3.05) is 93.6 Å². The fraction of sp³-hybridized carbons (Fsp3) is 0.614. The molecule has 0 aliphatic heterocycles. The number of ketones is 23. The first-order valence-corrected chi connectivity index (χ1v) is 38.9. The van der Waals surface area contributed by atoms with Gasteiger partial charge in [0.1, 0.15) is 12.2 Å². The Morgan fingerprint density at radius 3 is 0.605 bits per heavy atom. The van der Waals surface area contributed by atoms with Crippen molar-refractivity contribution in [2.24, 2.45) is 23.7 Å². The summed E-state index contributed by atoms with van der Waals surface area (Å²) in [6, 6.07) is 0.284. The van der Waals surface area contributed by atoms with Crippen molar-refractivity contribution in [3.8, 4) is 0 Å². The highest BCUT2D eigenvalue weighted by Crippen LogP contribution is 2.39. The molecular weight excluding hydrogens is 1650 g/mol. The van der Waals surface area contributed by atoms with Crippen LogP contribution in [0.5, 0.6) is 0 Å². The van der Waals surface area contributed by atoms with Crippen molar-refractivity contribution in [1.29, 1.82) is 0 Å².